The Bertz CT molecular complexity index is 917. The molecule has 0 saturated heterocycles. The average Bonchev–Trinajstić information content (AvgIpc) is 2.69. The summed E-state index contributed by atoms with van der Waals surface area (Å²) in [7, 11) is 0. The van der Waals surface area contributed by atoms with Crippen molar-refractivity contribution >= 4 is 54.4 Å². The van der Waals surface area contributed by atoms with Gasteiger partial charge < -0.3 is 0 Å². The minimum absolute atomic E-state index is 0.219. The van der Waals surface area contributed by atoms with Crippen molar-refractivity contribution in [3.8, 4) is 0 Å². The van der Waals surface area contributed by atoms with Gasteiger partial charge in [-0.25, -0.2) is 0 Å². The molecule has 0 atom stereocenters. The SMILES string of the molecule is O=C([Se])c1cc(C(=O)Sc2ccccc2)cc(C(=O)Sc2ccccc2)c1. The third-order valence-electron chi connectivity index (χ3n) is 3.55. The van der Waals surface area contributed by atoms with Crippen LogP contribution in [0.2, 0.25) is 0 Å². The molecule has 3 aromatic carbocycles. The zero-order valence-electron chi connectivity index (χ0n) is 14.0. The topological polar surface area (TPSA) is 51.2 Å². The van der Waals surface area contributed by atoms with Crippen LogP contribution in [0.5, 0.6) is 0 Å². The molecule has 0 spiro atoms. The monoisotopic (exact) mass is 457 g/mol. The summed E-state index contributed by atoms with van der Waals surface area (Å²) in [5.41, 5.74) is 0.940. The first-order chi connectivity index (χ1) is 13.0. The molecule has 3 aromatic rings. The number of benzene rings is 3. The zero-order valence-corrected chi connectivity index (χ0v) is 17.3. The number of thioether (sulfide) groups is 2. The Morgan fingerprint density at radius 1 is 0.593 bits per heavy atom. The molecule has 0 aliphatic heterocycles. The van der Waals surface area contributed by atoms with Crippen molar-refractivity contribution in [2.24, 2.45) is 0 Å². The molecule has 0 bridgehead atoms. The van der Waals surface area contributed by atoms with E-state index in [4.69, 9.17) is 0 Å². The number of rotatable bonds is 5. The van der Waals surface area contributed by atoms with Crippen molar-refractivity contribution in [1.29, 1.82) is 0 Å². The molecular weight excluding hydrogens is 443 g/mol. The van der Waals surface area contributed by atoms with E-state index in [1.807, 2.05) is 60.7 Å². The molecule has 1 radical (unpaired) electrons. The van der Waals surface area contributed by atoms with Crippen LogP contribution < -0.4 is 0 Å². The first-order valence-electron chi connectivity index (χ1n) is 7.94. The van der Waals surface area contributed by atoms with E-state index in [0.717, 1.165) is 33.3 Å². The van der Waals surface area contributed by atoms with Crippen molar-refractivity contribution in [2.45, 2.75) is 9.79 Å². The molecule has 6 heteroatoms. The van der Waals surface area contributed by atoms with Crippen LogP contribution in [0.4, 0.5) is 0 Å². The molecule has 3 rings (SSSR count). The van der Waals surface area contributed by atoms with E-state index in [1.54, 1.807) is 6.07 Å². The first kappa shape index (κ1) is 19.6. The Kier molecular flexibility index (Phi) is 6.69. The fourth-order valence-electron chi connectivity index (χ4n) is 2.29. The van der Waals surface area contributed by atoms with Gasteiger partial charge in [0.2, 0.25) is 0 Å². The van der Waals surface area contributed by atoms with Crippen LogP contribution in [0.15, 0.2) is 88.7 Å². The third kappa shape index (κ3) is 5.44. The summed E-state index contributed by atoms with van der Waals surface area (Å²) in [5.74, 6) is 0. The normalized spacial score (nSPS) is 10.4. The second kappa shape index (κ2) is 9.20. The molecule has 0 aromatic heterocycles. The van der Waals surface area contributed by atoms with Crippen molar-refractivity contribution in [2.75, 3.05) is 0 Å². The third-order valence-corrected chi connectivity index (χ3v) is 5.90. The molecule has 0 heterocycles. The number of carbonyl (C=O) groups is 3. The van der Waals surface area contributed by atoms with E-state index in [0.29, 0.717) is 16.7 Å². The molecule has 0 aliphatic carbocycles. The molecular formula is C21H13O3S2Se. The van der Waals surface area contributed by atoms with E-state index < -0.39 is 0 Å². The molecule has 27 heavy (non-hydrogen) atoms. The fraction of sp³-hybridized carbons (Fsp3) is 0. The second-order valence-electron chi connectivity index (χ2n) is 5.49. The van der Waals surface area contributed by atoms with Crippen LogP contribution in [0.1, 0.15) is 31.1 Å². The maximum absolute atomic E-state index is 12.6. The summed E-state index contributed by atoms with van der Waals surface area (Å²) in [6.07, 6.45) is 0. The van der Waals surface area contributed by atoms with Crippen molar-refractivity contribution < 1.29 is 14.4 Å². The van der Waals surface area contributed by atoms with Crippen molar-refractivity contribution in [3.63, 3.8) is 0 Å². The van der Waals surface area contributed by atoms with Gasteiger partial charge in [-0.3, -0.25) is 0 Å². The van der Waals surface area contributed by atoms with Gasteiger partial charge in [-0.15, -0.1) is 0 Å². The van der Waals surface area contributed by atoms with Crippen molar-refractivity contribution in [1.82, 2.24) is 0 Å². The van der Waals surface area contributed by atoms with Gasteiger partial charge in [0.05, 0.1) is 0 Å². The van der Waals surface area contributed by atoms with Gasteiger partial charge in [-0.05, 0) is 0 Å². The number of hydrogen-bond acceptors (Lipinski definition) is 5. The summed E-state index contributed by atoms with van der Waals surface area (Å²) in [5, 5.41) is -0.439. The van der Waals surface area contributed by atoms with Gasteiger partial charge in [-0.1, -0.05) is 0 Å². The first-order valence-corrected chi connectivity index (χ1v) is 10.4. The molecule has 0 fully saturated rings. The maximum atomic E-state index is 12.6. The van der Waals surface area contributed by atoms with Crippen LogP contribution in [-0.2, 0) is 0 Å². The molecule has 0 N–H and O–H groups in total. The molecule has 0 saturated carbocycles. The summed E-state index contributed by atoms with van der Waals surface area (Å²) >= 11 is 4.54. The summed E-state index contributed by atoms with van der Waals surface area (Å²) in [6.45, 7) is 0. The minimum atomic E-state index is -0.312. The van der Waals surface area contributed by atoms with Gasteiger partial charge >= 0.3 is 174 Å². The Morgan fingerprint density at radius 2 is 0.963 bits per heavy atom. The van der Waals surface area contributed by atoms with Crippen LogP contribution in [0.3, 0.4) is 0 Å². The number of hydrogen-bond donors (Lipinski definition) is 0. The van der Waals surface area contributed by atoms with E-state index >= 15 is 0 Å². The van der Waals surface area contributed by atoms with E-state index in [9.17, 15) is 14.4 Å². The summed E-state index contributed by atoms with van der Waals surface area (Å²) in [6, 6.07) is 23.1. The van der Waals surface area contributed by atoms with Gasteiger partial charge in [0, 0.05) is 0 Å². The van der Waals surface area contributed by atoms with Crippen LogP contribution >= 0.6 is 23.5 Å². The van der Waals surface area contributed by atoms with E-state index in [2.05, 4.69) is 16.0 Å². The Labute approximate surface area is 173 Å². The Hall–Kier alpha value is -2.11. The van der Waals surface area contributed by atoms with E-state index in [-0.39, 0.29) is 14.9 Å². The summed E-state index contributed by atoms with van der Waals surface area (Å²) < 4.78 is -0.312. The van der Waals surface area contributed by atoms with E-state index in [1.165, 1.54) is 12.1 Å². The molecule has 133 valence electrons. The van der Waals surface area contributed by atoms with Gasteiger partial charge in [0.15, 0.2) is 0 Å². The fourth-order valence-corrected chi connectivity index (χ4v) is 4.02. The number of carbonyl (C=O) groups excluding carboxylic acids is 3. The molecule has 0 unspecified atom stereocenters. The predicted octanol–water partition coefficient (Wildman–Crippen LogP) is 4.86. The van der Waals surface area contributed by atoms with Crippen molar-refractivity contribution in [3.05, 3.63) is 95.6 Å². The van der Waals surface area contributed by atoms with Crippen LogP contribution in [0.25, 0.3) is 0 Å². The quantitative estimate of drug-likeness (QED) is 0.406. The van der Waals surface area contributed by atoms with Gasteiger partial charge in [0.1, 0.15) is 0 Å². The van der Waals surface area contributed by atoms with Gasteiger partial charge in [-0.2, -0.15) is 0 Å². The standard InChI is InChI=1S/C21H13O3S2Se/c22-19(25-17-7-3-1-4-8-17)14-11-15(13-16(12-14)21(24)27)20(23)26-18-9-5-2-6-10-18/h1-13H. The Balaban J connectivity index is 1.89. The molecule has 3 nitrogen and oxygen atoms in total. The van der Waals surface area contributed by atoms with Gasteiger partial charge in [0.25, 0.3) is 0 Å². The predicted molar refractivity (Wildman–Crippen MR) is 110 cm³/mol. The molecule has 0 amide bonds. The average molecular weight is 456 g/mol. The zero-order chi connectivity index (χ0) is 19.2. The molecule has 0 aliphatic rings. The van der Waals surface area contributed by atoms with Crippen LogP contribution in [-0.4, -0.2) is 30.9 Å². The van der Waals surface area contributed by atoms with Crippen LogP contribution in [0, 0.1) is 0 Å². The summed E-state index contributed by atoms with van der Waals surface area (Å²) in [4.78, 5) is 38.7. The Morgan fingerprint density at radius 3 is 1.33 bits per heavy atom. The second-order valence-corrected chi connectivity index (χ2v) is 8.36.